The molecule has 0 saturated heterocycles. The lowest BCUT2D eigenvalue weighted by atomic mass is 10.3. The Morgan fingerprint density at radius 1 is 1.36 bits per heavy atom. The van der Waals surface area contributed by atoms with Gasteiger partial charge >= 0.3 is 7.82 Å². The Labute approximate surface area is 77.3 Å². The maximum absolute atomic E-state index is 10.1. The Balaban J connectivity index is 0. The van der Waals surface area contributed by atoms with Crippen molar-refractivity contribution in [2.45, 2.75) is 26.2 Å². The third-order valence-electron chi connectivity index (χ3n) is 1.01. The minimum absolute atomic E-state index is 0. The van der Waals surface area contributed by atoms with E-state index in [1.54, 1.807) is 0 Å². The quantitative estimate of drug-likeness (QED) is 0.373. The number of hydrogen-bond donors (Lipinski definition) is 2. The summed E-state index contributed by atoms with van der Waals surface area (Å²) in [5.41, 5.74) is 0. The van der Waals surface area contributed by atoms with Crippen molar-refractivity contribution in [2.75, 3.05) is 6.61 Å². The van der Waals surface area contributed by atoms with Gasteiger partial charge in [0.25, 0.3) is 0 Å². The second-order valence-electron chi connectivity index (χ2n) is 2.03. The molecule has 0 aromatic heterocycles. The predicted octanol–water partition coefficient (Wildman–Crippen LogP) is 0.102. The van der Waals surface area contributed by atoms with Gasteiger partial charge in [-0.2, -0.15) is 0 Å². The molecule has 0 aromatic carbocycles. The van der Waals surface area contributed by atoms with Crippen LogP contribution in [0.5, 0.6) is 0 Å². The van der Waals surface area contributed by atoms with E-state index in [1.165, 1.54) is 0 Å². The largest absolute Gasteiger partial charge is 0.469 e. The van der Waals surface area contributed by atoms with Crippen LogP contribution in [-0.2, 0) is 9.09 Å². The lowest BCUT2D eigenvalue weighted by Crippen LogP contribution is -1.91. The molecule has 0 aliphatic carbocycles. The first-order valence-electron chi connectivity index (χ1n) is 3.26. The minimum atomic E-state index is -4.21. The van der Waals surface area contributed by atoms with Crippen LogP contribution in [-0.4, -0.2) is 33.8 Å². The number of hydrogen-bond acceptors (Lipinski definition) is 2. The van der Waals surface area contributed by atoms with Crippen LogP contribution in [0.3, 0.4) is 0 Å². The molecule has 0 unspecified atom stereocenters. The summed E-state index contributed by atoms with van der Waals surface area (Å²) in [4.78, 5) is 16.4. The molecule has 11 heavy (non-hydrogen) atoms. The van der Waals surface area contributed by atoms with Gasteiger partial charge in [-0.05, 0) is 6.42 Å². The molecule has 0 amide bonds. The van der Waals surface area contributed by atoms with E-state index in [1.807, 2.05) is 6.92 Å². The molecule has 0 spiro atoms. The summed E-state index contributed by atoms with van der Waals surface area (Å²) in [6.07, 6.45) is 2.67. The second kappa shape index (κ2) is 7.30. The van der Waals surface area contributed by atoms with E-state index < -0.39 is 7.82 Å². The van der Waals surface area contributed by atoms with Crippen molar-refractivity contribution in [1.82, 2.24) is 0 Å². The monoisotopic (exact) mass is 198 g/mol. The highest BCUT2D eigenvalue weighted by molar-refractivity contribution is 7.46. The number of rotatable bonds is 5. The normalized spacial score (nSPS) is 10.8. The van der Waals surface area contributed by atoms with Gasteiger partial charge in [-0.1, -0.05) is 19.8 Å². The van der Waals surface area contributed by atoms with Gasteiger partial charge < -0.3 is 9.79 Å². The maximum atomic E-state index is 10.1. The molecule has 0 rings (SSSR count). The zero-order chi connectivity index (χ0) is 8.04. The van der Waals surface area contributed by atoms with Crippen molar-refractivity contribution >= 4 is 25.2 Å². The van der Waals surface area contributed by atoms with Gasteiger partial charge in [-0.3, -0.25) is 4.52 Å². The first-order chi connectivity index (χ1) is 4.56. The van der Waals surface area contributed by atoms with Crippen molar-refractivity contribution in [1.29, 1.82) is 0 Å². The second-order valence-corrected chi connectivity index (χ2v) is 3.27. The van der Waals surface area contributed by atoms with Crippen molar-refractivity contribution < 1.29 is 18.9 Å². The first-order valence-corrected chi connectivity index (χ1v) is 4.79. The smallest absolute Gasteiger partial charge is 0.303 e. The van der Waals surface area contributed by atoms with Gasteiger partial charge in [-0.15, -0.1) is 0 Å². The van der Waals surface area contributed by atoms with Gasteiger partial charge in [-0.25, -0.2) is 4.57 Å². The molecule has 68 valence electrons. The topological polar surface area (TPSA) is 66.8 Å². The fraction of sp³-hybridized carbons (Fsp3) is 1.00. The number of unbranched alkanes of at least 4 members (excludes halogenated alkanes) is 2. The summed E-state index contributed by atoms with van der Waals surface area (Å²) in [7, 11) is -4.21. The molecule has 0 aromatic rings. The van der Waals surface area contributed by atoms with E-state index in [0.717, 1.165) is 12.8 Å². The molecule has 0 aliphatic rings. The molecule has 0 heterocycles. The third kappa shape index (κ3) is 13.6. The van der Waals surface area contributed by atoms with Crippen molar-refractivity contribution in [3.8, 4) is 0 Å². The Morgan fingerprint density at radius 2 is 1.91 bits per heavy atom. The summed E-state index contributed by atoms with van der Waals surface area (Å²) in [5.74, 6) is 0. The average molecular weight is 198 g/mol. The predicted molar refractivity (Wildman–Crippen MR) is 47.5 cm³/mol. The highest BCUT2D eigenvalue weighted by atomic mass is 31.2. The van der Waals surface area contributed by atoms with E-state index >= 15 is 0 Å². The number of phosphoric acid groups is 1. The number of phosphoric ester groups is 1. The Morgan fingerprint density at radius 3 is 2.27 bits per heavy atom. The standard InChI is InChI=1S/C5H13O4P.Al.3H/c1-2-3-4-5-9-10(6,7)8;;;;/h2-5H2,1H3,(H2,6,7,8);;;;. The fourth-order valence-electron chi connectivity index (χ4n) is 0.536. The fourth-order valence-corrected chi connectivity index (χ4v) is 0.902. The molecular weight excluding hydrogens is 182 g/mol. The Kier molecular flexibility index (Phi) is 9.41. The highest BCUT2D eigenvalue weighted by Crippen LogP contribution is 2.35. The van der Waals surface area contributed by atoms with Crippen LogP contribution in [0, 0.1) is 0 Å². The van der Waals surface area contributed by atoms with E-state index in [2.05, 4.69) is 4.52 Å². The van der Waals surface area contributed by atoms with E-state index in [9.17, 15) is 4.57 Å². The zero-order valence-corrected chi connectivity index (χ0v) is 6.88. The summed E-state index contributed by atoms with van der Waals surface area (Å²) < 4.78 is 14.3. The van der Waals surface area contributed by atoms with Gasteiger partial charge in [0.1, 0.15) is 0 Å². The molecule has 6 heteroatoms. The summed E-state index contributed by atoms with van der Waals surface area (Å²) in [6, 6.07) is 0. The first kappa shape index (κ1) is 14.2. The van der Waals surface area contributed by atoms with Crippen LogP contribution in [0.1, 0.15) is 26.2 Å². The molecule has 0 aliphatic heterocycles. The van der Waals surface area contributed by atoms with Gasteiger partial charge in [0, 0.05) is 0 Å². The van der Waals surface area contributed by atoms with E-state index in [-0.39, 0.29) is 24.0 Å². The molecule has 0 saturated carbocycles. The summed E-state index contributed by atoms with van der Waals surface area (Å²) in [5, 5.41) is 0. The van der Waals surface area contributed by atoms with Gasteiger partial charge in [0.05, 0.1) is 6.61 Å². The van der Waals surface area contributed by atoms with Crippen LogP contribution in [0.25, 0.3) is 0 Å². The SMILES string of the molecule is CCCCCOP(=O)(O)O.[AlH3]. The van der Waals surface area contributed by atoms with Crippen LogP contribution in [0.2, 0.25) is 0 Å². The lowest BCUT2D eigenvalue weighted by molar-refractivity contribution is 0.193. The minimum Gasteiger partial charge on any atom is -0.303 e. The summed E-state index contributed by atoms with van der Waals surface area (Å²) >= 11 is 0. The van der Waals surface area contributed by atoms with E-state index in [0.29, 0.717) is 6.42 Å². The van der Waals surface area contributed by atoms with Crippen LogP contribution >= 0.6 is 7.82 Å². The molecule has 2 N–H and O–H groups in total. The van der Waals surface area contributed by atoms with Crippen molar-refractivity contribution in [2.24, 2.45) is 0 Å². The summed E-state index contributed by atoms with van der Waals surface area (Å²) in [6.45, 7) is 2.16. The van der Waals surface area contributed by atoms with Crippen LogP contribution < -0.4 is 0 Å². The zero-order valence-electron chi connectivity index (χ0n) is 5.99. The lowest BCUT2D eigenvalue weighted by Gasteiger charge is -2.02. The molecule has 4 nitrogen and oxygen atoms in total. The highest BCUT2D eigenvalue weighted by Gasteiger charge is 2.11. The molecule has 0 radical (unpaired) electrons. The Hall–Kier alpha value is 0.642. The molecular formula is C5H16AlO4P. The van der Waals surface area contributed by atoms with E-state index in [4.69, 9.17) is 9.79 Å². The third-order valence-corrected chi connectivity index (χ3v) is 1.53. The maximum Gasteiger partial charge on any atom is 0.469 e. The van der Waals surface area contributed by atoms with Crippen LogP contribution in [0.4, 0.5) is 0 Å². The van der Waals surface area contributed by atoms with Crippen molar-refractivity contribution in [3.63, 3.8) is 0 Å². The molecule has 0 bridgehead atoms. The van der Waals surface area contributed by atoms with Crippen molar-refractivity contribution in [3.05, 3.63) is 0 Å². The van der Waals surface area contributed by atoms with Gasteiger partial charge in [0.15, 0.2) is 17.4 Å². The van der Waals surface area contributed by atoms with Gasteiger partial charge in [0.2, 0.25) is 0 Å². The van der Waals surface area contributed by atoms with Crippen LogP contribution in [0.15, 0.2) is 0 Å². The Bertz CT molecular complexity index is 124. The molecule has 0 fully saturated rings. The average Bonchev–Trinajstić information content (AvgIpc) is 1.78. The molecule has 0 atom stereocenters.